The van der Waals surface area contributed by atoms with Gasteiger partial charge in [-0.3, -0.25) is 9.20 Å². The Bertz CT molecular complexity index is 816. The van der Waals surface area contributed by atoms with Gasteiger partial charge in [0.1, 0.15) is 0 Å². The van der Waals surface area contributed by atoms with Crippen molar-refractivity contribution < 1.29 is 0 Å². The van der Waals surface area contributed by atoms with Crippen LogP contribution in [0.15, 0.2) is 29.1 Å². The molecule has 0 radical (unpaired) electrons. The zero-order valence-corrected chi connectivity index (χ0v) is 10.7. The second kappa shape index (κ2) is 3.65. The summed E-state index contributed by atoms with van der Waals surface area (Å²) in [5.74, 6) is 0. The summed E-state index contributed by atoms with van der Waals surface area (Å²) in [6, 6.07) is 8.02. The van der Waals surface area contributed by atoms with Crippen LogP contribution in [0.3, 0.4) is 0 Å². The minimum absolute atomic E-state index is 0.146. The molecule has 0 fully saturated rings. The van der Waals surface area contributed by atoms with Crippen LogP contribution < -0.4 is 5.56 Å². The predicted octanol–water partition coefficient (Wildman–Crippen LogP) is 2.79. The molecule has 2 heterocycles. The largest absolute Gasteiger partial charge is 0.269 e. The second-order valence-electron chi connectivity index (χ2n) is 4.74. The van der Waals surface area contributed by atoms with Gasteiger partial charge in [0.05, 0.1) is 15.9 Å². The number of aryl methyl sites for hydroxylation is 1. The highest BCUT2D eigenvalue weighted by molar-refractivity contribution is 7.23. The van der Waals surface area contributed by atoms with E-state index in [0.29, 0.717) is 0 Å². The molecule has 4 rings (SSSR count). The number of hydrogen-bond acceptors (Lipinski definition) is 3. The van der Waals surface area contributed by atoms with Crippen LogP contribution in [0.4, 0.5) is 0 Å². The van der Waals surface area contributed by atoms with Crippen LogP contribution in [0.5, 0.6) is 0 Å². The molecule has 0 amide bonds. The van der Waals surface area contributed by atoms with Crippen LogP contribution in [0, 0.1) is 0 Å². The smallest absolute Gasteiger partial charge is 0.262 e. The van der Waals surface area contributed by atoms with E-state index in [9.17, 15) is 4.79 Å². The van der Waals surface area contributed by atoms with Crippen LogP contribution in [0.1, 0.15) is 24.1 Å². The summed E-state index contributed by atoms with van der Waals surface area (Å²) in [4.78, 5) is 18.1. The van der Waals surface area contributed by atoms with Crippen LogP contribution >= 0.6 is 11.3 Å². The first-order valence-corrected chi connectivity index (χ1v) is 7.08. The normalized spacial score (nSPS) is 15.1. The van der Waals surface area contributed by atoms with E-state index in [1.807, 2.05) is 24.3 Å². The Balaban J connectivity index is 2.22. The SMILES string of the molecule is O=c1c2c(nc3sc4ccccc4n13)CCCC2. The first-order chi connectivity index (χ1) is 8.84. The molecule has 2 aromatic heterocycles. The Morgan fingerprint density at radius 3 is 2.94 bits per heavy atom. The van der Waals surface area contributed by atoms with Crippen LogP contribution in [0.25, 0.3) is 15.2 Å². The van der Waals surface area contributed by atoms with Gasteiger partial charge in [-0.25, -0.2) is 4.98 Å². The maximum Gasteiger partial charge on any atom is 0.262 e. The summed E-state index contributed by atoms with van der Waals surface area (Å²) in [6.07, 6.45) is 4.10. The van der Waals surface area contributed by atoms with Gasteiger partial charge in [0.25, 0.3) is 5.56 Å². The summed E-state index contributed by atoms with van der Waals surface area (Å²) in [5.41, 5.74) is 3.09. The van der Waals surface area contributed by atoms with Crippen molar-refractivity contribution in [1.29, 1.82) is 0 Å². The molecule has 18 heavy (non-hydrogen) atoms. The van der Waals surface area contributed by atoms with Crippen molar-refractivity contribution >= 4 is 26.5 Å². The van der Waals surface area contributed by atoms with E-state index < -0.39 is 0 Å². The molecule has 1 aliphatic carbocycles. The van der Waals surface area contributed by atoms with Crippen molar-refractivity contribution in [2.75, 3.05) is 0 Å². The van der Waals surface area contributed by atoms with Crippen molar-refractivity contribution in [3.05, 3.63) is 45.9 Å². The maximum atomic E-state index is 12.6. The van der Waals surface area contributed by atoms with Gasteiger partial charge in [-0.15, -0.1) is 0 Å². The molecule has 0 spiro atoms. The van der Waals surface area contributed by atoms with Crippen molar-refractivity contribution in [1.82, 2.24) is 9.38 Å². The van der Waals surface area contributed by atoms with Crippen molar-refractivity contribution in [3.8, 4) is 0 Å². The predicted molar refractivity (Wildman–Crippen MR) is 73.5 cm³/mol. The van der Waals surface area contributed by atoms with Gasteiger partial charge >= 0.3 is 0 Å². The monoisotopic (exact) mass is 256 g/mol. The lowest BCUT2D eigenvalue weighted by Crippen LogP contribution is -2.23. The molecule has 3 aromatic rings. The summed E-state index contributed by atoms with van der Waals surface area (Å²) in [5, 5.41) is 0. The number of aromatic nitrogens is 2. The third-order valence-electron chi connectivity index (χ3n) is 3.63. The first-order valence-electron chi connectivity index (χ1n) is 6.26. The zero-order valence-electron chi connectivity index (χ0n) is 9.85. The summed E-state index contributed by atoms with van der Waals surface area (Å²) in [6.45, 7) is 0. The molecule has 4 heteroatoms. The summed E-state index contributed by atoms with van der Waals surface area (Å²) in [7, 11) is 0. The molecule has 1 aromatic carbocycles. The summed E-state index contributed by atoms with van der Waals surface area (Å²) >= 11 is 1.60. The molecule has 0 N–H and O–H groups in total. The highest BCUT2D eigenvalue weighted by atomic mass is 32.1. The lowest BCUT2D eigenvalue weighted by Gasteiger charge is -2.13. The average molecular weight is 256 g/mol. The fourth-order valence-electron chi connectivity index (χ4n) is 2.74. The highest BCUT2D eigenvalue weighted by Crippen LogP contribution is 2.26. The van der Waals surface area contributed by atoms with Gasteiger partial charge in [-0.1, -0.05) is 23.5 Å². The van der Waals surface area contributed by atoms with Crippen LogP contribution in [0.2, 0.25) is 0 Å². The number of nitrogens with zero attached hydrogens (tertiary/aromatic N) is 2. The third-order valence-corrected chi connectivity index (χ3v) is 4.65. The molecule has 0 bridgehead atoms. The average Bonchev–Trinajstić information content (AvgIpc) is 2.77. The number of fused-ring (bicyclic) bond motifs is 4. The third kappa shape index (κ3) is 1.29. The Kier molecular flexibility index (Phi) is 2.08. The topological polar surface area (TPSA) is 34.4 Å². The molecule has 0 saturated carbocycles. The number of para-hydroxylation sites is 1. The Hall–Kier alpha value is -1.68. The first kappa shape index (κ1) is 10.3. The molecule has 90 valence electrons. The Morgan fingerprint density at radius 1 is 1.17 bits per heavy atom. The van der Waals surface area contributed by atoms with E-state index in [1.54, 1.807) is 15.7 Å². The minimum atomic E-state index is 0.146. The van der Waals surface area contributed by atoms with E-state index in [-0.39, 0.29) is 5.56 Å². The van der Waals surface area contributed by atoms with E-state index in [2.05, 4.69) is 0 Å². The molecular weight excluding hydrogens is 244 g/mol. The fraction of sp³-hybridized carbons (Fsp3) is 0.286. The second-order valence-corrected chi connectivity index (χ2v) is 5.75. The molecule has 0 unspecified atom stereocenters. The quantitative estimate of drug-likeness (QED) is 0.620. The van der Waals surface area contributed by atoms with Gasteiger partial charge in [-0.2, -0.15) is 0 Å². The van der Waals surface area contributed by atoms with E-state index >= 15 is 0 Å². The van der Waals surface area contributed by atoms with E-state index in [4.69, 9.17) is 4.98 Å². The maximum absolute atomic E-state index is 12.6. The van der Waals surface area contributed by atoms with Gasteiger partial charge in [-0.05, 0) is 37.8 Å². The van der Waals surface area contributed by atoms with Crippen molar-refractivity contribution in [2.45, 2.75) is 25.7 Å². The molecular formula is C14H12N2OS. The molecule has 1 aliphatic rings. The van der Waals surface area contributed by atoms with Crippen LogP contribution in [-0.2, 0) is 12.8 Å². The number of rotatable bonds is 0. The van der Waals surface area contributed by atoms with E-state index in [1.165, 1.54) is 0 Å². The highest BCUT2D eigenvalue weighted by Gasteiger charge is 2.18. The lowest BCUT2D eigenvalue weighted by atomic mass is 9.97. The molecule has 0 aliphatic heterocycles. The van der Waals surface area contributed by atoms with Crippen molar-refractivity contribution in [3.63, 3.8) is 0 Å². The Labute approximate surface area is 108 Å². The van der Waals surface area contributed by atoms with Crippen molar-refractivity contribution in [2.24, 2.45) is 0 Å². The molecule has 0 atom stereocenters. The van der Waals surface area contributed by atoms with Crippen LogP contribution in [-0.4, -0.2) is 9.38 Å². The van der Waals surface area contributed by atoms with Gasteiger partial charge < -0.3 is 0 Å². The zero-order chi connectivity index (χ0) is 12.1. The summed E-state index contributed by atoms with van der Waals surface area (Å²) < 4.78 is 2.91. The van der Waals surface area contributed by atoms with Gasteiger partial charge in [0, 0.05) is 5.56 Å². The Morgan fingerprint density at radius 2 is 2.00 bits per heavy atom. The van der Waals surface area contributed by atoms with Gasteiger partial charge in [0.2, 0.25) is 0 Å². The minimum Gasteiger partial charge on any atom is -0.269 e. The lowest BCUT2D eigenvalue weighted by molar-refractivity contribution is 0.659. The number of benzene rings is 1. The standard InChI is InChI=1S/C14H12N2OS/c17-13-9-5-1-2-6-10(9)15-14-16(13)11-7-3-4-8-12(11)18-14/h3-4,7-8H,1-2,5-6H2. The van der Waals surface area contributed by atoms with Gasteiger partial charge in [0.15, 0.2) is 4.96 Å². The fourth-order valence-corrected chi connectivity index (χ4v) is 3.77. The molecule has 0 saturated heterocycles. The number of thiazole rings is 1. The molecule has 3 nitrogen and oxygen atoms in total. The number of hydrogen-bond donors (Lipinski definition) is 0. The van der Waals surface area contributed by atoms with E-state index in [0.717, 1.165) is 52.1 Å².